The molecule has 1 aromatic heterocycles. The van der Waals surface area contributed by atoms with Crippen LogP contribution in [0.5, 0.6) is 0 Å². The van der Waals surface area contributed by atoms with Gasteiger partial charge in [-0.1, -0.05) is 71.7 Å². The van der Waals surface area contributed by atoms with Crippen molar-refractivity contribution in [3.05, 3.63) is 88.9 Å². The number of aromatic nitrogens is 1. The van der Waals surface area contributed by atoms with Crippen LogP contribution in [0.2, 0.25) is 10.0 Å². The highest BCUT2D eigenvalue weighted by Crippen LogP contribution is 2.46. The minimum absolute atomic E-state index is 0.440. The highest BCUT2D eigenvalue weighted by atomic mass is 35.5. The van der Waals surface area contributed by atoms with Crippen LogP contribution in [0, 0.1) is 0 Å². The van der Waals surface area contributed by atoms with E-state index in [4.69, 9.17) is 32.2 Å². The number of nitrogens with zero attached hydrogens (tertiary/aromatic N) is 2. The molecule has 0 spiro atoms. The Morgan fingerprint density at radius 2 is 1.60 bits per heavy atom. The second kappa shape index (κ2) is 11.5. The van der Waals surface area contributed by atoms with Crippen molar-refractivity contribution in [3.8, 4) is 22.6 Å². The highest BCUT2D eigenvalue weighted by Gasteiger charge is 2.23. The van der Waals surface area contributed by atoms with Gasteiger partial charge in [-0.05, 0) is 43.3 Å². The fraction of sp³-hybridized carbons (Fsp3) is 0.222. The Morgan fingerprint density at radius 1 is 0.914 bits per heavy atom. The van der Waals surface area contributed by atoms with Crippen LogP contribution in [0.25, 0.3) is 22.6 Å². The Kier molecular flexibility index (Phi) is 8.35. The van der Waals surface area contributed by atoms with E-state index in [9.17, 15) is 4.57 Å². The summed E-state index contributed by atoms with van der Waals surface area (Å²) in [5.74, 6) is 0.597. The zero-order valence-corrected chi connectivity index (χ0v) is 22.1. The van der Waals surface area contributed by atoms with Crippen molar-refractivity contribution in [1.29, 1.82) is 0 Å². The summed E-state index contributed by atoms with van der Waals surface area (Å²) in [6.45, 7) is 4.78. The fourth-order valence-corrected chi connectivity index (χ4v) is 6.11. The molecule has 8 heteroatoms. The lowest BCUT2D eigenvalue weighted by Crippen LogP contribution is -2.22. The highest BCUT2D eigenvalue weighted by molar-refractivity contribution is 7.58. The molecule has 4 rings (SSSR count). The minimum Gasteiger partial charge on any atom is -0.356 e. The molecule has 35 heavy (non-hydrogen) atoms. The van der Waals surface area contributed by atoms with E-state index in [1.54, 1.807) is 18.2 Å². The maximum atomic E-state index is 13.1. The van der Waals surface area contributed by atoms with Crippen LogP contribution in [0.3, 0.4) is 0 Å². The molecule has 0 radical (unpaired) electrons. The standard InChI is InChI=1S/C27H27Cl2N2O3P/c1-3-33-35(32,4-2)17-16-31(21-11-6-5-7-12-21)22-13-8-10-20(18-22)26-19-25(30-34-26)27-23(28)14-9-15-24(27)29/h5-15,18-19H,3-4,16-17H2,1-2H3. The van der Waals surface area contributed by atoms with Crippen LogP contribution in [0.15, 0.2) is 83.4 Å². The first-order valence-electron chi connectivity index (χ1n) is 11.5. The van der Waals surface area contributed by atoms with Gasteiger partial charge in [-0.3, -0.25) is 4.57 Å². The van der Waals surface area contributed by atoms with Gasteiger partial charge in [0.1, 0.15) is 5.69 Å². The average Bonchev–Trinajstić information content (AvgIpc) is 3.35. The summed E-state index contributed by atoms with van der Waals surface area (Å²) in [6, 6.07) is 25.2. The number of halogens is 2. The molecular formula is C27H27Cl2N2O3P. The lowest BCUT2D eigenvalue weighted by molar-refractivity contribution is 0.334. The molecule has 3 aromatic carbocycles. The van der Waals surface area contributed by atoms with E-state index in [1.165, 1.54) is 0 Å². The average molecular weight is 529 g/mol. The summed E-state index contributed by atoms with van der Waals surface area (Å²) in [7, 11) is -2.70. The van der Waals surface area contributed by atoms with Crippen LogP contribution < -0.4 is 4.90 Å². The van der Waals surface area contributed by atoms with Crippen LogP contribution in [-0.2, 0) is 9.09 Å². The smallest absolute Gasteiger partial charge is 0.204 e. The molecular weight excluding hydrogens is 502 g/mol. The van der Waals surface area contributed by atoms with Gasteiger partial charge in [0, 0.05) is 47.4 Å². The molecule has 0 aliphatic rings. The molecule has 5 nitrogen and oxygen atoms in total. The van der Waals surface area contributed by atoms with E-state index in [0.717, 1.165) is 16.9 Å². The fourth-order valence-electron chi connectivity index (χ4n) is 3.92. The first-order valence-corrected chi connectivity index (χ1v) is 14.3. The number of hydrogen-bond donors (Lipinski definition) is 0. The SMILES string of the molecule is CCOP(=O)(CC)CCN(c1ccccc1)c1cccc(-c2cc(-c3c(Cl)cccc3Cl)no2)c1. The monoisotopic (exact) mass is 528 g/mol. The predicted octanol–water partition coefficient (Wildman–Crippen LogP) is 8.79. The maximum absolute atomic E-state index is 13.1. The van der Waals surface area contributed by atoms with Crippen molar-refractivity contribution in [2.75, 3.05) is 30.4 Å². The third-order valence-electron chi connectivity index (χ3n) is 5.75. The quantitative estimate of drug-likeness (QED) is 0.192. The molecule has 0 aliphatic carbocycles. The van der Waals surface area contributed by atoms with Crippen molar-refractivity contribution >= 4 is 41.9 Å². The third kappa shape index (κ3) is 5.99. The predicted molar refractivity (Wildman–Crippen MR) is 145 cm³/mol. The maximum Gasteiger partial charge on any atom is 0.204 e. The van der Waals surface area contributed by atoms with Crippen LogP contribution in [-0.4, -0.2) is 30.6 Å². The summed E-state index contributed by atoms with van der Waals surface area (Å²) in [5.41, 5.74) is 4.01. The first-order chi connectivity index (χ1) is 16.9. The molecule has 0 N–H and O–H groups in total. The first kappa shape index (κ1) is 25.5. The summed E-state index contributed by atoms with van der Waals surface area (Å²) < 4.78 is 24.4. The molecule has 4 aromatic rings. The van der Waals surface area contributed by atoms with Crippen molar-refractivity contribution in [2.24, 2.45) is 0 Å². The third-order valence-corrected chi connectivity index (χ3v) is 8.95. The van der Waals surface area contributed by atoms with E-state index in [-0.39, 0.29) is 0 Å². The number of benzene rings is 3. The summed E-state index contributed by atoms with van der Waals surface area (Å²) in [4.78, 5) is 2.15. The van der Waals surface area contributed by atoms with Gasteiger partial charge in [-0.25, -0.2) is 0 Å². The molecule has 0 saturated carbocycles. The van der Waals surface area contributed by atoms with Crippen LogP contribution in [0.1, 0.15) is 13.8 Å². The minimum atomic E-state index is -2.70. The molecule has 0 saturated heterocycles. The lowest BCUT2D eigenvalue weighted by Gasteiger charge is -2.27. The Morgan fingerprint density at radius 3 is 2.29 bits per heavy atom. The Hall–Kier alpha value is -2.56. The van der Waals surface area contributed by atoms with E-state index in [0.29, 0.717) is 52.5 Å². The zero-order chi connectivity index (χ0) is 24.8. The number of hydrogen-bond acceptors (Lipinski definition) is 5. The Labute approximate surface area is 216 Å². The van der Waals surface area contributed by atoms with Crippen molar-refractivity contribution < 1.29 is 13.6 Å². The van der Waals surface area contributed by atoms with Crippen molar-refractivity contribution in [3.63, 3.8) is 0 Å². The molecule has 0 fully saturated rings. The molecule has 0 aliphatic heterocycles. The second-order valence-electron chi connectivity index (χ2n) is 7.98. The normalized spacial score (nSPS) is 12.9. The topological polar surface area (TPSA) is 55.6 Å². The summed E-state index contributed by atoms with van der Waals surface area (Å²) >= 11 is 12.7. The Balaban J connectivity index is 1.67. The van der Waals surface area contributed by atoms with E-state index < -0.39 is 7.37 Å². The number of anilines is 2. The van der Waals surface area contributed by atoms with Gasteiger partial charge in [0.15, 0.2) is 5.76 Å². The number of rotatable bonds is 10. The van der Waals surface area contributed by atoms with Gasteiger partial charge < -0.3 is 13.9 Å². The lowest BCUT2D eigenvalue weighted by atomic mass is 10.1. The Bertz CT molecular complexity index is 1310. The van der Waals surface area contributed by atoms with E-state index in [2.05, 4.69) is 10.1 Å². The van der Waals surface area contributed by atoms with Crippen LogP contribution in [0.4, 0.5) is 11.4 Å². The van der Waals surface area contributed by atoms with Gasteiger partial charge in [0.05, 0.1) is 16.7 Å². The second-order valence-corrected chi connectivity index (χ2v) is 11.8. The van der Waals surface area contributed by atoms with Gasteiger partial charge in [-0.15, -0.1) is 0 Å². The van der Waals surface area contributed by atoms with Crippen molar-refractivity contribution in [1.82, 2.24) is 5.16 Å². The van der Waals surface area contributed by atoms with Gasteiger partial charge in [-0.2, -0.15) is 0 Å². The van der Waals surface area contributed by atoms with E-state index in [1.807, 2.05) is 74.5 Å². The van der Waals surface area contributed by atoms with E-state index >= 15 is 0 Å². The molecule has 1 heterocycles. The van der Waals surface area contributed by atoms with Gasteiger partial charge in [0.25, 0.3) is 0 Å². The molecule has 0 bridgehead atoms. The zero-order valence-electron chi connectivity index (χ0n) is 19.7. The largest absolute Gasteiger partial charge is 0.356 e. The summed E-state index contributed by atoms with van der Waals surface area (Å²) in [6.07, 6.45) is 0.961. The molecule has 0 amide bonds. The summed E-state index contributed by atoms with van der Waals surface area (Å²) in [5, 5.41) is 5.23. The molecule has 182 valence electrons. The molecule has 1 atom stereocenters. The van der Waals surface area contributed by atoms with Crippen molar-refractivity contribution in [2.45, 2.75) is 13.8 Å². The van der Waals surface area contributed by atoms with Gasteiger partial charge >= 0.3 is 0 Å². The number of para-hydroxylation sites is 1. The molecule has 1 unspecified atom stereocenters. The van der Waals surface area contributed by atoms with Crippen LogP contribution >= 0.6 is 30.6 Å². The van der Waals surface area contributed by atoms with Gasteiger partial charge in [0.2, 0.25) is 7.37 Å².